The molecule has 0 heteroatoms. The van der Waals surface area contributed by atoms with E-state index in [9.17, 15) is 0 Å². The predicted octanol–water partition coefficient (Wildman–Crippen LogP) is 3.87. The van der Waals surface area contributed by atoms with Gasteiger partial charge in [-0.2, -0.15) is 0 Å². The highest BCUT2D eigenvalue weighted by Gasteiger charge is 1.98. The highest BCUT2D eigenvalue weighted by atomic mass is 14.0. The third-order valence-corrected chi connectivity index (χ3v) is 1.96. The van der Waals surface area contributed by atoms with Crippen molar-refractivity contribution in [3.63, 3.8) is 0 Å². The summed E-state index contributed by atoms with van der Waals surface area (Å²) in [6.45, 7) is 6.75. The van der Waals surface area contributed by atoms with Gasteiger partial charge in [0, 0.05) is 0 Å². The van der Waals surface area contributed by atoms with Crippen LogP contribution in [0.15, 0.2) is 35.5 Å². The zero-order valence-electron chi connectivity index (χ0n) is 8.30. The maximum absolute atomic E-state index is 2.32. The molecule has 0 saturated carbocycles. The molecule has 12 heavy (non-hydrogen) atoms. The number of allylic oxidation sites excluding steroid dienone is 6. The third kappa shape index (κ3) is 3.08. The lowest BCUT2D eigenvalue weighted by Gasteiger charge is -2.04. The molecule has 0 atom stereocenters. The van der Waals surface area contributed by atoms with Crippen molar-refractivity contribution in [1.29, 1.82) is 0 Å². The van der Waals surface area contributed by atoms with Crippen molar-refractivity contribution in [1.82, 2.24) is 0 Å². The summed E-state index contributed by atoms with van der Waals surface area (Å²) < 4.78 is 0. The van der Waals surface area contributed by atoms with Crippen LogP contribution in [0, 0.1) is 5.92 Å². The molecule has 1 aliphatic carbocycles. The monoisotopic (exact) mass is 162 g/mol. The van der Waals surface area contributed by atoms with Crippen molar-refractivity contribution in [2.45, 2.75) is 33.6 Å². The Kier molecular flexibility index (Phi) is 3.33. The van der Waals surface area contributed by atoms with Crippen molar-refractivity contribution < 1.29 is 0 Å². The second-order valence-electron chi connectivity index (χ2n) is 3.96. The van der Waals surface area contributed by atoms with Crippen LogP contribution < -0.4 is 0 Å². The molecule has 1 aliphatic rings. The van der Waals surface area contributed by atoms with E-state index in [1.807, 2.05) is 0 Å². The fourth-order valence-corrected chi connectivity index (χ4v) is 1.59. The van der Waals surface area contributed by atoms with E-state index in [1.54, 1.807) is 0 Å². The van der Waals surface area contributed by atoms with Gasteiger partial charge in [-0.05, 0) is 31.3 Å². The molecule has 0 bridgehead atoms. The van der Waals surface area contributed by atoms with Crippen LogP contribution in [-0.2, 0) is 0 Å². The number of hydrogen-bond donors (Lipinski definition) is 0. The first-order valence-electron chi connectivity index (χ1n) is 4.71. The summed E-state index contributed by atoms with van der Waals surface area (Å²) in [4.78, 5) is 0. The van der Waals surface area contributed by atoms with E-state index in [0.29, 0.717) is 0 Å². The topological polar surface area (TPSA) is 0 Å². The zero-order valence-corrected chi connectivity index (χ0v) is 8.30. The molecule has 0 aromatic rings. The van der Waals surface area contributed by atoms with Crippen LogP contribution in [0.25, 0.3) is 0 Å². The summed E-state index contributed by atoms with van der Waals surface area (Å²) in [6, 6.07) is 0. The van der Waals surface area contributed by atoms with Gasteiger partial charge in [0.15, 0.2) is 0 Å². The Morgan fingerprint density at radius 3 is 2.83 bits per heavy atom. The Morgan fingerprint density at radius 2 is 2.33 bits per heavy atom. The van der Waals surface area contributed by atoms with E-state index in [1.165, 1.54) is 17.6 Å². The lowest BCUT2D eigenvalue weighted by molar-refractivity contribution is 0.642. The first kappa shape index (κ1) is 9.31. The van der Waals surface area contributed by atoms with Gasteiger partial charge in [0.05, 0.1) is 0 Å². The molecular weight excluding hydrogens is 144 g/mol. The van der Waals surface area contributed by atoms with Crippen LogP contribution in [0.2, 0.25) is 0 Å². The van der Waals surface area contributed by atoms with E-state index in [2.05, 4.69) is 45.1 Å². The molecule has 0 aliphatic heterocycles. The number of rotatable bonds is 3. The van der Waals surface area contributed by atoms with Gasteiger partial charge in [-0.3, -0.25) is 0 Å². The molecule has 1 rings (SSSR count). The van der Waals surface area contributed by atoms with Gasteiger partial charge in [-0.25, -0.2) is 0 Å². The molecular formula is C12H18. The molecule has 0 saturated heterocycles. The van der Waals surface area contributed by atoms with Gasteiger partial charge in [-0.15, -0.1) is 0 Å². The fraction of sp³-hybridized carbons (Fsp3) is 0.500. The Hall–Kier alpha value is -0.780. The van der Waals surface area contributed by atoms with Crippen molar-refractivity contribution in [3.8, 4) is 0 Å². The smallest absolute Gasteiger partial charge is 0.00943 e. The lowest BCUT2D eigenvalue weighted by Crippen LogP contribution is -1.88. The number of hydrogen-bond acceptors (Lipinski definition) is 0. The fourth-order valence-electron chi connectivity index (χ4n) is 1.59. The molecule has 0 nitrogen and oxygen atoms in total. The van der Waals surface area contributed by atoms with Crippen molar-refractivity contribution in [2.75, 3.05) is 0 Å². The highest BCUT2D eigenvalue weighted by molar-refractivity contribution is 5.33. The molecule has 0 unspecified atom stereocenters. The summed E-state index contributed by atoms with van der Waals surface area (Å²) in [5, 5.41) is 0. The average molecular weight is 162 g/mol. The third-order valence-electron chi connectivity index (χ3n) is 1.96. The molecule has 0 fully saturated rings. The summed E-state index contributed by atoms with van der Waals surface area (Å²) in [7, 11) is 0. The zero-order chi connectivity index (χ0) is 8.97. The first-order valence-corrected chi connectivity index (χ1v) is 4.71. The Bertz CT molecular complexity index is 226. The normalized spacial score (nSPS) is 17.3. The molecule has 0 aromatic heterocycles. The van der Waals surface area contributed by atoms with Gasteiger partial charge < -0.3 is 0 Å². The van der Waals surface area contributed by atoms with Crippen molar-refractivity contribution in [3.05, 3.63) is 35.5 Å². The van der Waals surface area contributed by atoms with E-state index >= 15 is 0 Å². The van der Waals surface area contributed by atoms with Crippen LogP contribution in [-0.4, -0.2) is 0 Å². The van der Waals surface area contributed by atoms with Gasteiger partial charge in [0.2, 0.25) is 0 Å². The molecule has 66 valence electrons. The van der Waals surface area contributed by atoms with Crippen LogP contribution in [0.3, 0.4) is 0 Å². The van der Waals surface area contributed by atoms with Gasteiger partial charge in [0.1, 0.15) is 0 Å². The van der Waals surface area contributed by atoms with Crippen molar-refractivity contribution >= 4 is 0 Å². The summed E-state index contributed by atoms with van der Waals surface area (Å²) in [5.41, 5.74) is 2.95. The molecule has 0 heterocycles. The minimum absolute atomic E-state index is 0.774. The molecule has 0 spiro atoms. The second-order valence-corrected chi connectivity index (χ2v) is 3.96. The van der Waals surface area contributed by atoms with E-state index in [-0.39, 0.29) is 0 Å². The SMILES string of the molecule is CC(=CC1=CC=CC1)CC(C)C. The largest absolute Gasteiger partial charge is 0.0801 e. The van der Waals surface area contributed by atoms with Crippen LogP contribution in [0.4, 0.5) is 0 Å². The lowest BCUT2D eigenvalue weighted by atomic mass is 10.0. The first-order chi connectivity index (χ1) is 5.68. The summed E-state index contributed by atoms with van der Waals surface area (Å²) in [6.07, 6.45) is 11.2. The Labute approximate surface area is 75.7 Å². The average Bonchev–Trinajstić information content (AvgIpc) is 2.37. The van der Waals surface area contributed by atoms with E-state index in [0.717, 1.165) is 12.3 Å². The molecule has 0 aromatic carbocycles. The van der Waals surface area contributed by atoms with Gasteiger partial charge in [-0.1, -0.05) is 43.7 Å². The maximum Gasteiger partial charge on any atom is -0.00943 e. The second kappa shape index (κ2) is 4.30. The summed E-state index contributed by atoms with van der Waals surface area (Å²) >= 11 is 0. The summed E-state index contributed by atoms with van der Waals surface area (Å²) in [5.74, 6) is 0.774. The highest BCUT2D eigenvalue weighted by Crippen LogP contribution is 2.17. The Morgan fingerprint density at radius 1 is 1.58 bits per heavy atom. The quantitative estimate of drug-likeness (QED) is 0.591. The van der Waals surface area contributed by atoms with Crippen LogP contribution in [0.5, 0.6) is 0 Å². The van der Waals surface area contributed by atoms with Crippen LogP contribution in [0.1, 0.15) is 33.6 Å². The van der Waals surface area contributed by atoms with Gasteiger partial charge in [0.25, 0.3) is 0 Å². The predicted molar refractivity (Wildman–Crippen MR) is 55.1 cm³/mol. The van der Waals surface area contributed by atoms with Crippen molar-refractivity contribution in [2.24, 2.45) is 5.92 Å². The molecule has 0 N–H and O–H groups in total. The minimum Gasteiger partial charge on any atom is -0.0801 e. The molecule has 0 radical (unpaired) electrons. The maximum atomic E-state index is 2.32. The van der Waals surface area contributed by atoms with Crippen LogP contribution >= 0.6 is 0 Å². The van der Waals surface area contributed by atoms with E-state index < -0.39 is 0 Å². The van der Waals surface area contributed by atoms with Gasteiger partial charge >= 0.3 is 0 Å². The minimum atomic E-state index is 0.774. The molecule has 0 amide bonds. The Balaban J connectivity index is 2.45. The standard InChI is InChI=1S/C12H18/c1-10(2)8-11(3)9-12-6-4-5-7-12/h4-6,9-10H,7-8H2,1-3H3. The van der Waals surface area contributed by atoms with E-state index in [4.69, 9.17) is 0 Å².